The van der Waals surface area contributed by atoms with Crippen molar-refractivity contribution in [3.8, 4) is 22.6 Å². The molecular weight excluding hydrogens is 765 g/mol. The van der Waals surface area contributed by atoms with Gasteiger partial charge >= 0.3 is 42.6 Å². The van der Waals surface area contributed by atoms with Gasteiger partial charge in [-0.3, -0.25) is 4.79 Å². The zero-order valence-electron chi connectivity index (χ0n) is 28.7. The number of rotatable bonds is 17. The van der Waals surface area contributed by atoms with Crippen LogP contribution in [0.15, 0.2) is 51.7 Å². The number of alkyl halides is 11. The summed E-state index contributed by atoms with van der Waals surface area (Å²) in [5.74, 6) is -3.59. The molecule has 1 heterocycles. The van der Waals surface area contributed by atoms with Gasteiger partial charge in [-0.25, -0.2) is 19.0 Å². The second-order valence-corrected chi connectivity index (χ2v) is 13.0. The Morgan fingerprint density at radius 3 is 1.81 bits per heavy atom. The van der Waals surface area contributed by atoms with E-state index in [-0.39, 0.29) is 17.6 Å². The molecule has 1 atom stereocenters. The summed E-state index contributed by atoms with van der Waals surface area (Å²) in [6, 6.07) is 6.39. The summed E-state index contributed by atoms with van der Waals surface area (Å²) in [6.45, 7) is 1.09. The van der Waals surface area contributed by atoms with E-state index < -0.39 is 101 Å². The molecule has 0 bridgehead atoms. The molecule has 0 amide bonds. The first-order valence-electron chi connectivity index (χ1n) is 15.1. The van der Waals surface area contributed by atoms with Gasteiger partial charge in [0.15, 0.2) is 13.2 Å². The first-order chi connectivity index (χ1) is 24.3. The summed E-state index contributed by atoms with van der Waals surface area (Å²) >= 11 is 0. The molecule has 54 heavy (non-hydrogen) atoms. The van der Waals surface area contributed by atoms with Crippen LogP contribution in [0.25, 0.3) is 22.1 Å². The number of nitrogens with two attached hydrogens (primary N) is 2. The summed E-state index contributed by atoms with van der Waals surface area (Å²) in [7, 11) is 1.12. The monoisotopic (exact) mass is 798 g/mol. The molecule has 0 spiro atoms. The minimum Gasteiger partial charge on any atom is -0.497 e. The molecule has 0 aliphatic rings. The normalized spacial score (nSPS) is 14.3. The van der Waals surface area contributed by atoms with E-state index in [1.54, 1.807) is 0 Å². The maximum absolute atomic E-state index is 14.2. The van der Waals surface area contributed by atoms with Gasteiger partial charge < -0.3 is 30.1 Å². The largest absolute Gasteiger partial charge is 0.497 e. The van der Waals surface area contributed by atoms with Crippen molar-refractivity contribution in [3.05, 3.63) is 58.4 Å². The van der Waals surface area contributed by atoms with Crippen LogP contribution < -0.4 is 26.6 Å². The molecule has 2 aromatic carbocycles. The maximum Gasteiger partial charge on any atom is 0.496 e. The molecule has 0 radical (unpaired) electrons. The van der Waals surface area contributed by atoms with Crippen molar-refractivity contribution in [1.82, 2.24) is 0 Å². The molecule has 0 saturated heterocycles. The second-order valence-electron chi connectivity index (χ2n) is 13.0. The molecule has 302 valence electrons. The van der Waals surface area contributed by atoms with Crippen LogP contribution in [0.5, 0.6) is 11.5 Å². The molecule has 3 rings (SSSR count). The Kier molecular flexibility index (Phi) is 12.7. The predicted molar refractivity (Wildman–Crippen MR) is 164 cm³/mol. The summed E-state index contributed by atoms with van der Waals surface area (Å²) in [6.07, 6.45) is -27.7. The zero-order chi connectivity index (χ0) is 41.3. The lowest BCUT2D eigenvalue weighted by molar-refractivity contribution is -0.574. The Balaban J connectivity index is 1.67. The number of ether oxygens (including phenoxy) is 6. The van der Waals surface area contributed by atoms with Crippen LogP contribution in [-0.4, -0.2) is 62.2 Å². The minimum absolute atomic E-state index is 0.0554. The SMILES string of the molecule is COc1ccc(-c2cc3ccc(OCC(F)(F)OC(F)(F)OC(F)(F)OC(F)(F)COC(=O)C(CC(C)(C)N)C(C)(C)N)cc3oc2=O)c(C(F)(F)F)c1. The van der Waals surface area contributed by atoms with E-state index in [1.165, 1.54) is 27.7 Å². The fourth-order valence-electron chi connectivity index (χ4n) is 4.67. The van der Waals surface area contributed by atoms with Crippen molar-refractivity contribution in [1.29, 1.82) is 0 Å². The number of hydrogen-bond donors (Lipinski definition) is 2. The highest BCUT2D eigenvalue weighted by Gasteiger charge is 2.57. The number of benzene rings is 2. The fraction of sp³-hybridized carbons (Fsp3) is 0.500. The molecule has 3 aromatic rings. The first kappa shape index (κ1) is 44.1. The van der Waals surface area contributed by atoms with Crippen molar-refractivity contribution in [2.45, 2.75) is 76.2 Å². The highest BCUT2D eigenvalue weighted by atomic mass is 19.4. The van der Waals surface area contributed by atoms with E-state index in [2.05, 4.69) is 23.7 Å². The average Bonchev–Trinajstić information content (AvgIpc) is 2.97. The van der Waals surface area contributed by atoms with Crippen molar-refractivity contribution in [2.24, 2.45) is 17.4 Å². The molecule has 0 aliphatic heterocycles. The predicted octanol–water partition coefficient (Wildman–Crippen LogP) is 7.23. The molecular formula is C32H33F11N2O9. The number of carbonyl (C=O) groups is 1. The summed E-state index contributed by atoms with van der Waals surface area (Å²) in [5, 5.41) is -0.0554. The highest BCUT2D eigenvalue weighted by molar-refractivity contribution is 5.83. The van der Waals surface area contributed by atoms with E-state index >= 15 is 0 Å². The summed E-state index contributed by atoms with van der Waals surface area (Å²) in [5.41, 5.74) is 5.04. The lowest BCUT2D eigenvalue weighted by Crippen LogP contribution is -2.51. The Morgan fingerprint density at radius 1 is 0.741 bits per heavy atom. The van der Waals surface area contributed by atoms with Gasteiger partial charge in [0.05, 0.1) is 24.2 Å². The van der Waals surface area contributed by atoms with Gasteiger partial charge in [-0.2, -0.15) is 30.7 Å². The molecule has 0 fully saturated rings. The highest BCUT2D eigenvalue weighted by Crippen LogP contribution is 2.40. The number of esters is 1. The number of hydrogen-bond acceptors (Lipinski definition) is 11. The number of carbonyl (C=O) groups excluding carboxylic acids is 1. The van der Waals surface area contributed by atoms with Gasteiger partial charge in [0.25, 0.3) is 0 Å². The molecule has 0 saturated carbocycles. The Labute approximate surface area is 298 Å². The van der Waals surface area contributed by atoms with Crippen LogP contribution in [0.1, 0.15) is 39.7 Å². The van der Waals surface area contributed by atoms with Gasteiger partial charge in [-0.15, -0.1) is 17.6 Å². The van der Waals surface area contributed by atoms with Crippen molar-refractivity contribution >= 4 is 16.9 Å². The summed E-state index contributed by atoms with van der Waals surface area (Å²) in [4.78, 5) is 25.0. The molecule has 4 N–H and O–H groups in total. The zero-order valence-corrected chi connectivity index (χ0v) is 28.7. The Bertz CT molecular complexity index is 1850. The molecule has 22 heteroatoms. The van der Waals surface area contributed by atoms with Gasteiger partial charge in [-0.1, -0.05) is 0 Å². The third kappa shape index (κ3) is 12.7. The molecule has 0 aliphatic carbocycles. The Hall–Kier alpha value is -4.25. The minimum atomic E-state index is -6.04. The third-order valence-electron chi connectivity index (χ3n) is 7.01. The second kappa shape index (κ2) is 15.5. The fourth-order valence-corrected chi connectivity index (χ4v) is 4.67. The maximum atomic E-state index is 14.2. The van der Waals surface area contributed by atoms with E-state index in [0.717, 1.165) is 43.5 Å². The van der Waals surface area contributed by atoms with Crippen molar-refractivity contribution in [3.63, 3.8) is 0 Å². The van der Waals surface area contributed by atoms with E-state index in [9.17, 15) is 57.9 Å². The van der Waals surface area contributed by atoms with Crippen molar-refractivity contribution in [2.75, 3.05) is 20.3 Å². The van der Waals surface area contributed by atoms with Crippen molar-refractivity contribution < 1.29 is 85.9 Å². The molecule has 1 unspecified atom stereocenters. The lowest BCUT2D eigenvalue weighted by Gasteiger charge is -2.34. The number of fused-ring (bicyclic) bond motifs is 1. The lowest BCUT2D eigenvalue weighted by atomic mass is 9.80. The van der Waals surface area contributed by atoms with E-state index in [1.807, 2.05) is 0 Å². The van der Waals surface area contributed by atoms with Crippen LogP contribution in [-0.2, 0) is 29.9 Å². The van der Waals surface area contributed by atoms with Gasteiger partial charge in [0.2, 0.25) is 0 Å². The number of halogens is 11. The van der Waals surface area contributed by atoms with Crippen LogP contribution in [0.4, 0.5) is 48.3 Å². The number of methoxy groups -OCH3 is 1. The topological polar surface area (TPSA) is 155 Å². The molecule has 11 nitrogen and oxygen atoms in total. The van der Waals surface area contributed by atoms with Gasteiger partial charge in [0.1, 0.15) is 17.1 Å². The van der Waals surface area contributed by atoms with Gasteiger partial charge in [-0.05, 0) is 70.5 Å². The van der Waals surface area contributed by atoms with Crippen LogP contribution in [0.2, 0.25) is 0 Å². The summed E-state index contributed by atoms with van der Waals surface area (Å²) < 4.78 is 181. The third-order valence-corrected chi connectivity index (χ3v) is 7.01. The average molecular weight is 799 g/mol. The van der Waals surface area contributed by atoms with Crippen LogP contribution >= 0.6 is 0 Å². The standard InChI is InChI=1S/C32H33F11N2O9/c1-26(2,44)13-22(27(3,4)45)25(47)50-15-29(35,36)53-32(42,43)54-31(40,41)52-28(33,34)14-49-18-7-6-16-10-20(24(46)51-23(16)12-18)19-9-8-17(48-5)11-21(19)30(37,38)39/h6-12,22H,13-15,44-45H2,1-5H3. The van der Waals surface area contributed by atoms with E-state index in [4.69, 9.17) is 20.6 Å². The van der Waals surface area contributed by atoms with Crippen LogP contribution in [0.3, 0.4) is 0 Å². The molecule has 1 aromatic heterocycles. The van der Waals surface area contributed by atoms with Gasteiger partial charge in [0, 0.05) is 28.1 Å². The van der Waals surface area contributed by atoms with E-state index in [0.29, 0.717) is 6.07 Å². The van der Waals surface area contributed by atoms with Crippen LogP contribution in [0, 0.1) is 5.92 Å². The smallest absolute Gasteiger partial charge is 0.496 e. The Morgan fingerprint density at radius 2 is 1.30 bits per heavy atom. The quantitative estimate of drug-likeness (QED) is 0.0616. The first-order valence-corrected chi connectivity index (χ1v) is 15.1.